The van der Waals surface area contributed by atoms with E-state index in [4.69, 9.17) is 5.11 Å². The Hall–Kier alpha value is -1.56. The number of nitrogens with zero attached hydrogens (tertiary/aromatic N) is 3. The number of hydrogen-bond donors (Lipinski definition) is 1. The minimum Gasteiger partial charge on any atom is -0.481 e. The van der Waals surface area contributed by atoms with Crippen molar-refractivity contribution in [2.75, 3.05) is 5.75 Å². The van der Waals surface area contributed by atoms with Crippen LogP contribution in [-0.4, -0.2) is 31.4 Å². The molecule has 0 radical (unpaired) electrons. The van der Waals surface area contributed by atoms with Crippen molar-refractivity contribution in [3.8, 4) is 0 Å². The molecule has 1 saturated carbocycles. The van der Waals surface area contributed by atoms with Gasteiger partial charge in [-0.1, -0.05) is 24.6 Å². The molecule has 0 amide bonds. The molecule has 21 heavy (non-hydrogen) atoms. The number of aliphatic carboxylic acids is 1. The van der Waals surface area contributed by atoms with Gasteiger partial charge in [0.1, 0.15) is 5.52 Å². The van der Waals surface area contributed by atoms with Crippen LogP contribution in [-0.2, 0) is 11.3 Å². The van der Waals surface area contributed by atoms with E-state index in [1.54, 1.807) is 0 Å². The van der Waals surface area contributed by atoms with Crippen LogP contribution in [0, 0.1) is 12.8 Å². The zero-order valence-corrected chi connectivity index (χ0v) is 12.9. The Labute approximate surface area is 127 Å². The third-order valence-electron chi connectivity index (χ3n) is 3.94. The van der Waals surface area contributed by atoms with E-state index in [0.717, 1.165) is 28.6 Å². The summed E-state index contributed by atoms with van der Waals surface area (Å²) >= 11 is 1.28. The second kappa shape index (κ2) is 6.05. The van der Waals surface area contributed by atoms with Gasteiger partial charge >= 0.3 is 5.97 Å². The summed E-state index contributed by atoms with van der Waals surface area (Å²) in [7, 11) is 0. The van der Waals surface area contributed by atoms with Crippen molar-refractivity contribution in [1.29, 1.82) is 0 Å². The van der Waals surface area contributed by atoms with Gasteiger partial charge < -0.3 is 9.67 Å². The highest BCUT2D eigenvalue weighted by Crippen LogP contribution is 2.30. The second-order valence-electron chi connectivity index (χ2n) is 5.63. The molecule has 0 atom stereocenters. The molecule has 1 aliphatic carbocycles. The molecule has 3 rings (SSSR count). The van der Waals surface area contributed by atoms with Gasteiger partial charge in [-0.3, -0.25) is 4.79 Å². The molecule has 0 spiro atoms. The lowest BCUT2D eigenvalue weighted by Crippen LogP contribution is -2.10. The summed E-state index contributed by atoms with van der Waals surface area (Å²) in [6.45, 7) is 2.87. The first kappa shape index (κ1) is 14.4. The van der Waals surface area contributed by atoms with Crippen LogP contribution in [0.1, 0.15) is 31.4 Å². The Balaban J connectivity index is 1.96. The number of hydrogen-bond acceptors (Lipinski definition) is 4. The van der Waals surface area contributed by atoms with Gasteiger partial charge in [0.2, 0.25) is 0 Å². The summed E-state index contributed by atoms with van der Waals surface area (Å²) in [5, 5.41) is 9.67. The van der Waals surface area contributed by atoms with Crippen LogP contribution in [0.5, 0.6) is 0 Å². The lowest BCUT2D eigenvalue weighted by Gasteiger charge is -2.13. The predicted molar refractivity (Wildman–Crippen MR) is 82.6 cm³/mol. The standard InChI is InChI=1S/C15H19N3O2S/c1-10-6-7-12-14(16-10)18(8-11-4-2-3-5-11)15(17-12)21-9-13(19)20/h6-7,11H,2-5,8-9H2,1H3,(H,19,20). The third kappa shape index (κ3) is 3.20. The van der Waals surface area contributed by atoms with Crippen molar-refractivity contribution < 1.29 is 9.90 Å². The average Bonchev–Trinajstić information content (AvgIpc) is 3.06. The minimum absolute atomic E-state index is 0.0347. The summed E-state index contributed by atoms with van der Waals surface area (Å²) in [5.41, 5.74) is 2.70. The van der Waals surface area contributed by atoms with Crippen LogP contribution in [0.3, 0.4) is 0 Å². The zero-order chi connectivity index (χ0) is 14.8. The summed E-state index contributed by atoms with van der Waals surface area (Å²) in [5.74, 6) is -0.120. The van der Waals surface area contributed by atoms with Gasteiger partial charge in [0.25, 0.3) is 0 Å². The first-order chi connectivity index (χ1) is 10.1. The average molecular weight is 305 g/mol. The van der Waals surface area contributed by atoms with Crippen LogP contribution < -0.4 is 0 Å². The Bertz CT molecular complexity index is 662. The number of imidazole rings is 1. The number of pyridine rings is 1. The molecule has 1 fully saturated rings. The molecule has 6 heteroatoms. The lowest BCUT2D eigenvalue weighted by atomic mass is 10.1. The molecular formula is C15H19N3O2S. The van der Waals surface area contributed by atoms with E-state index >= 15 is 0 Å². The highest BCUT2D eigenvalue weighted by atomic mass is 32.2. The molecule has 1 N–H and O–H groups in total. The van der Waals surface area contributed by atoms with E-state index in [1.165, 1.54) is 37.4 Å². The summed E-state index contributed by atoms with van der Waals surface area (Å²) in [6, 6.07) is 3.91. The largest absolute Gasteiger partial charge is 0.481 e. The fourth-order valence-corrected chi connectivity index (χ4v) is 3.66. The van der Waals surface area contributed by atoms with E-state index < -0.39 is 5.97 Å². The minimum atomic E-state index is -0.816. The molecule has 0 aliphatic heterocycles. The number of rotatable bonds is 5. The highest BCUT2D eigenvalue weighted by Gasteiger charge is 2.20. The smallest absolute Gasteiger partial charge is 0.313 e. The molecule has 2 aromatic rings. The summed E-state index contributed by atoms with van der Waals surface area (Å²) in [4.78, 5) is 20.0. The zero-order valence-electron chi connectivity index (χ0n) is 12.1. The van der Waals surface area contributed by atoms with E-state index in [1.807, 2.05) is 19.1 Å². The van der Waals surface area contributed by atoms with Gasteiger partial charge in [0.15, 0.2) is 10.8 Å². The van der Waals surface area contributed by atoms with Gasteiger partial charge in [-0.25, -0.2) is 9.97 Å². The number of carboxylic acids is 1. The number of fused-ring (bicyclic) bond motifs is 1. The van der Waals surface area contributed by atoms with E-state index in [0.29, 0.717) is 5.92 Å². The number of thioether (sulfide) groups is 1. The van der Waals surface area contributed by atoms with E-state index in [-0.39, 0.29) is 5.75 Å². The van der Waals surface area contributed by atoms with Gasteiger partial charge in [-0.2, -0.15) is 0 Å². The SMILES string of the molecule is Cc1ccc2nc(SCC(=O)O)n(CC3CCCC3)c2n1. The molecular weight excluding hydrogens is 286 g/mol. The lowest BCUT2D eigenvalue weighted by molar-refractivity contribution is -0.133. The maximum Gasteiger partial charge on any atom is 0.313 e. The van der Waals surface area contributed by atoms with Crippen LogP contribution in [0.25, 0.3) is 11.2 Å². The molecule has 2 heterocycles. The maximum atomic E-state index is 10.8. The molecule has 0 unspecified atom stereocenters. The number of carbonyl (C=O) groups is 1. The fourth-order valence-electron chi connectivity index (χ4n) is 2.93. The molecule has 5 nitrogen and oxygen atoms in total. The molecule has 112 valence electrons. The number of aromatic nitrogens is 3. The topological polar surface area (TPSA) is 68.0 Å². The van der Waals surface area contributed by atoms with Crippen molar-refractivity contribution >= 4 is 28.9 Å². The molecule has 0 bridgehead atoms. The third-order valence-corrected chi connectivity index (χ3v) is 4.90. The monoisotopic (exact) mass is 305 g/mol. The normalized spacial score (nSPS) is 15.9. The molecule has 0 aromatic carbocycles. The number of aryl methyl sites for hydroxylation is 1. The Morgan fingerprint density at radius 3 is 2.86 bits per heavy atom. The quantitative estimate of drug-likeness (QED) is 0.860. The van der Waals surface area contributed by atoms with Crippen LogP contribution in [0.15, 0.2) is 17.3 Å². The second-order valence-corrected chi connectivity index (χ2v) is 6.58. The first-order valence-electron chi connectivity index (χ1n) is 7.32. The predicted octanol–water partition coefficient (Wildman–Crippen LogP) is 3.11. The van der Waals surface area contributed by atoms with Crippen molar-refractivity contribution in [2.24, 2.45) is 5.92 Å². The van der Waals surface area contributed by atoms with Crippen molar-refractivity contribution in [3.63, 3.8) is 0 Å². The molecule has 2 aromatic heterocycles. The fraction of sp³-hybridized carbons (Fsp3) is 0.533. The summed E-state index contributed by atoms with van der Waals surface area (Å²) < 4.78 is 2.12. The number of carboxylic acid groups (broad SMARTS) is 1. The Morgan fingerprint density at radius 2 is 2.14 bits per heavy atom. The van der Waals surface area contributed by atoms with Crippen LogP contribution in [0.2, 0.25) is 0 Å². The first-order valence-corrected chi connectivity index (χ1v) is 8.30. The molecule has 0 saturated heterocycles. The van der Waals surface area contributed by atoms with E-state index in [2.05, 4.69) is 14.5 Å². The van der Waals surface area contributed by atoms with Crippen molar-refractivity contribution in [3.05, 3.63) is 17.8 Å². The van der Waals surface area contributed by atoms with Gasteiger partial charge in [0.05, 0.1) is 5.75 Å². The molecule has 1 aliphatic rings. The van der Waals surface area contributed by atoms with Gasteiger partial charge in [-0.15, -0.1) is 0 Å². The van der Waals surface area contributed by atoms with Crippen LogP contribution in [0.4, 0.5) is 0 Å². The van der Waals surface area contributed by atoms with E-state index in [9.17, 15) is 4.79 Å². The van der Waals surface area contributed by atoms with Crippen molar-refractivity contribution in [2.45, 2.75) is 44.3 Å². The maximum absolute atomic E-state index is 10.8. The Morgan fingerprint density at radius 1 is 1.38 bits per heavy atom. The summed E-state index contributed by atoms with van der Waals surface area (Å²) in [6.07, 6.45) is 5.08. The highest BCUT2D eigenvalue weighted by molar-refractivity contribution is 7.99. The van der Waals surface area contributed by atoms with Gasteiger partial charge in [-0.05, 0) is 37.8 Å². The van der Waals surface area contributed by atoms with Gasteiger partial charge in [0, 0.05) is 12.2 Å². The van der Waals surface area contributed by atoms with Crippen molar-refractivity contribution in [1.82, 2.24) is 14.5 Å². The van der Waals surface area contributed by atoms with Crippen LogP contribution >= 0.6 is 11.8 Å². The Kier molecular flexibility index (Phi) is 4.14.